The fourth-order valence-corrected chi connectivity index (χ4v) is 1.22. The highest BCUT2D eigenvalue weighted by Crippen LogP contribution is 2.28. The Morgan fingerprint density at radius 3 is 2.60 bits per heavy atom. The van der Waals surface area contributed by atoms with Crippen molar-refractivity contribution in [3.63, 3.8) is 0 Å². The van der Waals surface area contributed by atoms with Crippen LogP contribution in [0.3, 0.4) is 0 Å². The summed E-state index contributed by atoms with van der Waals surface area (Å²) in [6.45, 7) is 0. The Balaban J connectivity index is 2.61. The molecule has 15 heavy (non-hydrogen) atoms. The van der Waals surface area contributed by atoms with E-state index in [1.54, 1.807) is 0 Å². The lowest BCUT2D eigenvalue weighted by atomic mass is 10.1. The first kappa shape index (κ1) is 11.8. The number of H-pyrrole nitrogens is 1. The smallest absolute Gasteiger partial charge is 0.384 e. The normalized spacial score (nSPS) is 14.1. The van der Waals surface area contributed by atoms with Gasteiger partial charge in [0.1, 0.15) is 5.82 Å². The summed E-state index contributed by atoms with van der Waals surface area (Å²) in [6.07, 6.45) is -3.94. The molecular formula is C7H12F3N5. The quantitative estimate of drug-likeness (QED) is 0.449. The third-order valence-electron chi connectivity index (χ3n) is 1.99. The lowest BCUT2D eigenvalue weighted by Gasteiger charge is -2.15. The highest BCUT2D eigenvalue weighted by molar-refractivity contribution is 5.39. The van der Waals surface area contributed by atoms with E-state index in [1.807, 2.05) is 0 Å². The Labute approximate surface area is 84.0 Å². The highest BCUT2D eigenvalue weighted by Gasteiger charge is 2.29. The molecule has 0 saturated carbocycles. The first-order valence-corrected chi connectivity index (χ1v) is 4.25. The van der Waals surface area contributed by atoms with Crippen molar-refractivity contribution in [1.82, 2.24) is 15.6 Å². The van der Waals surface area contributed by atoms with Crippen molar-refractivity contribution in [3.8, 4) is 0 Å². The Morgan fingerprint density at radius 1 is 1.53 bits per heavy atom. The third kappa shape index (κ3) is 3.40. The van der Waals surface area contributed by atoms with E-state index in [2.05, 4.69) is 15.6 Å². The van der Waals surface area contributed by atoms with E-state index in [-0.39, 0.29) is 12.2 Å². The molecule has 1 rings (SSSR count). The Kier molecular flexibility index (Phi) is 3.53. The topological polar surface area (TPSA) is 92.7 Å². The Bertz CT molecular complexity index is 308. The van der Waals surface area contributed by atoms with Crippen LogP contribution < -0.4 is 17.0 Å². The first-order chi connectivity index (χ1) is 6.94. The van der Waals surface area contributed by atoms with Crippen LogP contribution in [-0.4, -0.2) is 16.4 Å². The maximum atomic E-state index is 12.0. The predicted octanol–water partition coefficient (Wildman–Crippen LogP) is 0.839. The number of aromatic nitrogens is 2. The van der Waals surface area contributed by atoms with Crippen LogP contribution in [-0.2, 0) is 0 Å². The van der Waals surface area contributed by atoms with Crippen molar-refractivity contribution >= 4 is 5.82 Å². The van der Waals surface area contributed by atoms with Gasteiger partial charge in [-0.2, -0.15) is 18.3 Å². The molecule has 86 valence electrons. The van der Waals surface area contributed by atoms with E-state index in [1.165, 1.54) is 6.20 Å². The summed E-state index contributed by atoms with van der Waals surface area (Å²) in [5.74, 6) is 5.37. The van der Waals surface area contributed by atoms with E-state index in [4.69, 9.17) is 11.6 Å². The molecule has 0 aliphatic carbocycles. The molecule has 1 aromatic heterocycles. The second-order valence-electron chi connectivity index (χ2n) is 3.11. The van der Waals surface area contributed by atoms with Gasteiger partial charge in [0.25, 0.3) is 0 Å². The minimum Gasteiger partial charge on any atom is -0.384 e. The minimum atomic E-state index is -4.20. The standard InChI is InChI=1S/C7H12F3N5/c8-7(9,10)2-1-5(14-12)4-3-13-15-6(4)11/h3,5,14H,1-2,12H2,(H3,11,13,15). The number of anilines is 1. The largest absolute Gasteiger partial charge is 0.389 e. The van der Waals surface area contributed by atoms with E-state index in [0.717, 1.165) is 0 Å². The van der Waals surface area contributed by atoms with Gasteiger partial charge in [0, 0.05) is 12.0 Å². The monoisotopic (exact) mass is 223 g/mol. The van der Waals surface area contributed by atoms with Crippen molar-refractivity contribution < 1.29 is 13.2 Å². The summed E-state index contributed by atoms with van der Waals surface area (Å²) >= 11 is 0. The second kappa shape index (κ2) is 4.49. The highest BCUT2D eigenvalue weighted by atomic mass is 19.4. The van der Waals surface area contributed by atoms with Gasteiger partial charge in [-0.15, -0.1) is 0 Å². The summed E-state index contributed by atoms with van der Waals surface area (Å²) in [5, 5.41) is 6.04. The molecule has 0 fully saturated rings. The summed E-state index contributed by atoms with van der Waals surface area (Å²) < 4.78 is 35.9. The summed E-state index contributed by atoms with van der Waals surface area (Å²) in [6, 6.07) is -0.648. The SMILES string of the molecule is NNC(CCC(F)(F)F)c1cn[nH]c1N. The van der Waals surface area contributed by atoms with Crippen LogP contribution in [0.15, 0.2) is 6.20 Å². The molecule has 1 atom stereocenters. The number of nitrogens with one attached hydrogen (secondary N) is 2. The van der Waals surface area contributed by atoms with Gasteiger partial charge in [-0.05, 0) is 6.42 Å². The number of alkyl halides is 3. The molecular weight excluding hydrogens is 211 g/mol. The van der Waals surface area contributed by atoms with Crippen molar-refractivity contribution in [2.24, 2.45) is 5.84 Å². The number of nitrogens with zero attached hydrogens (tertiary/aromatic N) is 1. The molecule has 1 unspecified atom stereocenters. The molecule has 0 aromatic carbocycles. The van der Waals surface area contributed by atoms with Gasteiger partial charge in [0.05, 0.1) is 12.2 Å². The number of rotatable bonds is 4. The number of halogens is 3. The molecule has 0 aliphatic heterocycles. The number of nitrogen functional groups attached to an aromatic ring is 1. The fourth-order valence-electron chi connectivity index (χ4n) is 1.22. The first-order valence-electron chi connectivity index (χ1n) is 4.25. The average Bonchev–Trinajstić information content (AvgIpc) is 2.52. The molecule has 0 aliphatic rings. The molecule has 8 heteroatoms. The summed E-state index contributed by atoms with van der Waals surface area (Å²) in [7, 11) is 0. The van der Waals surface area contributed by atoms with Crippen molar-refractivity contribution in [2.75, 3.05) is 5.73 Å². The molecule has 1 aromatic rings. The van der Waals surface area contributed by atoms with Gasteiger partial charge in [-0.25, -0.2) is 0 Å². The molecule has 0 amide bonds. The fraction of sp³-hybridized carbons (Fsp3) is 0.571. The van der Waals surface area contributed by atoms with Gasteiger partial charge < -0.3 is 5.73 Å². The summed E-state index contributed by atoms with van der Waals surface area (Å²) in [4.78, 5) is 0. The molecule has 5 nitrogen and oxygen atoms in total. The number of aromatic amines is 1. The minimum absolute atomic E-state index is 0.177. The van der Waals surface area contributed by atoms with Crippen LogP contribution in [0, 0.1) is 0 Å². The van der Waals surface area contributed by atoms with Crippen LogP contribution in [0.25, 0.3) is 0 Å². The molecule has 0 radical (unpaired) electrons. The number of hydrogen-bond donors (Lipinski definition) is 4. The Hall–Kier alpha value is -1.28. The van der Waals surface area contributed by atoms with E-state index < -0.39 is 18.6 Å². The third-order valence-corrected chi connectivity index (χ3v) is 1.99. The lowest BCUT2D eigenvalue weighted by molar-refractivity contribution is -0.136. The van der Waals surface area contributed by atoms with Gasteiger partial charge in [-0.1, -0.05) is 0 Å². The molecule has 0 spiro atoms. The Morgan fingerprint density at radius 2 is 2.20 bits per heavy atom. The van der Waals surface area contributed by atoms with Crippen LogP contribution in [0.4, 0.5) is 19.0 Å². The van der Waals surface area contributed by atoms with Crippen molar-refractivity contribution in [3.05, 3.63) is 11.8 Å². The molecule has 6 N–H and O–H groups in total. The van der Waals surface area contributed by atoms with E-state index >= 15 is 0 Å². The zero-order valence-corrected chi connectivity index (χ0v) is 7.80. The number of hydrazine groups is 1. The van der Waals surface area contributed by atoms with Gasteiger partial charge in [-0.3, -0.25) is 16.4 Å². The van der Waals surface area contributed by atoms with Gasteiger partial charge >= 0.3 is 6.18 Å². The van der Waals surface area contributed by atoms with Crippen molar-refractivity contribution in [1.29, 1.82) is 0 Å². The zero-order valence-electron chi connectivity index (χ0n) is 7.80. The molecule has 0 bridgehead atoms. The van der Waals surface area contributed by atoms with Gasteiger partial charge in [0.2, 0.25) is 0 Å². The van der Waals surface area contributed by atoms with E-state index in [0.29, 0.717) is 5.56 Å². The lowest BCUT2D eigenvalue weighted by Crippen LogP contribution is -2.29. The van der Waals surface area contributed by atoms with E-state index in [9.17, 15) is 13.2 Å². The van der Waals surface area contributed by atoms with Crippen LogP contribution in [0.5, 0.6) is 0 Å². The molecule has 1 heterocycles. The molecule has 0 saturated heterocycles. The maximum absolute atomic E-state index is 12.0. The summed E-state index contributed by atoms with van der Waals surface area (Å²) in [5.41, 5.74) is 8.19. The average molecular weight is 223 g/mol. The van der Waals surface area contributed by atoms with Crippen LogP contribution >= 0.6 is 0 Å². The number of hydrogen-bond acceptors (Lipinski definition) is 4. The predicted molar refractivity (Wildman–Crippen MR) is 48.4 cm³/mol. The number of nitrogens with two attached hydrogens (primary N) is 2. The van der Waals surface area contributed by atoms with Crippen LogP contribution in [0.2, 0.25) is 0 Å². The maximum Gasteiger partial charge on any atom is 0.389 e. The van der Waals surface area contributed by atoms with Crippen molar-refractivity contribution in [2.45, 2.75) is 25.1 Å². The van der Waals surface area contributed by atoms with Crippen LogP contribution in [0.1, 0.15) is 24.4 Å². The zero-order chi connectivity index (χ0) is 11.5. The second-order valence-corrected chi connectivity index (χ2v) is 3.11. The van der Waals surface area contributed by atoms with Gasteiger partial charge in [0.15, 0.2) is 0 Å².